The Bertz CT molecular complexity index is 549. The molecule has 110 valence electrons. The first-order chi connectivity index (χ1) is 9.18. The van der Waals surface area contributed by atoms with E-state index in [1.807, 2.05) is 20.1 Å². The number of benzene rings is 1. The second kappa shape index (κ2) is 6.08. The lowest BCUT2D eigenvalue weighted by molar-refractivity contribution is -0.384. The maximum absolute atomic E-state index is 13.5. The van der Waals surface area contributed by atoms with Crippen LogP contribution in [0.3, 0.4) is 0 Å². The summed E-state index contributed by atoms with van der Waals surface area (Å²) in [5.41, 5.74) is -1.08. The highest BCUT2D eigenvalue weighted by molar-refractivity contribution is 7.99. The molecule has 0 aliphatic heterocycles. The van der Waals surface area contributed by atoms with Crippen LogP contribution in [0.5, 0.6) is 0 Å². The standard InChI is InChI=1S/C12H15FN2O4S/c1-12(2,20-3)6-14-9-4-7(11(16)17)8(13)5-10(9)15(18)19/h4-5,14H,6H2,1-3H3,(H,16,17). The van der Waals surface area contributed by atoms with Crippen LogP contribution in [0.15, 0.2) is 12.1 Å². The zero-order valence-electron chi connectivity index (χ0n) is 11.3. The number of hydrogen-bond acceptors (Lipinski definition) is 5. The molecule has 1 aromatic rings. The summed E-state index contributed by atoms with van der Waals surface area (Å²) in [7, 11) is 0. The Hall–Kier alpha value is -1.83. The van der Waals surface area contributed by atoms with Crippen molar-refractivity contribution < 1.29 is 19.2 Å². The third kappa shape index (κ3) is 3.83. The molecule has 6 nitrogen and oxygen atoms in total. The summed E-state index contributed by atoms with van der Waals surface area (Å²) >= 11 is 1.55. The molecule has 0 atom stereocenters. The smallest absolute Gasteiger partial charge is 0.338 e. The summed E-state index contributed by atoms with van der Waals surface area (Å²) < 4.78 is 13.3. The predicted octanol–water partition coefficient (Wildman–Crippen LogP) is 2.99. The van der Waals surface area contributed by atoms with Gasteiger partial charge in [-0.25, -0.2) is 9.18 Å². The summed E-state index contributed by atoms with van der Waals surface area (Å²) in [6.07, 6.45) is 1.89. The molecular weight excluding hydrogens is 287 g/mol. The van der Waals surface area contributed by atoms with Crippen LogP contribution in [0.25, 0.3) is 0 Å². The third-order valence-corrected chi connectivity index (χ3v) is 4.02. The minimum Gasteiger partial charge on any atom is -0.478 e. The second-order valence-electron chi connectivity index (χ2n) is 4.73. The van der Waals surface area contributed by atoms with Crippen molar-refractivity contribution in [2.75, 3.05) is 18.1 Å². The zero-order valence-corrected chi connectivity index (χ0v) is 12.1. The van der Waals surface area contributed by atoms with Crippen molar-refractivity contribution in [3.05, 3.63) is 33.6 Å². The fraction of sp³-hybridized carbons (Fsp3) is 0.417. The van der Waals surface area contributed by atoms with Gasteiger partial charge in [-0.15, -0.1) is 0 Å². The number of carboxylic acids is 1. The van der Waals surface area contributed by atoms with E-state index in [-0.39, 0.29) is 10.4 Å². The van der Waals surface area contributed by atoms with Gasteiger partial charge >= 0.3 is 5.97 Å². The molecule has 0 radical (unpaired) electrons. The van der Waals surface area contributed by atoms with Crippen LogP contribution in [0.1, 0.15) is 24.2 Å². The van der Waals surface area contributed by atoms with Crippen LogP contribution in [-0.4, -0.2) is 33.5 Å². The molecule has 0 saturated heterocycles. The molecule has 0 spiro atoms. The number of hydrogen-bond donors (Lipinski definition) is 2. The summed E-state index contributed by atoms with van der Waals surface area (Å²) in [6, 6.07) is 1.57. The molecule has 0 aromatic heterocycles. The maximum atomic E-state index is 13.5. The Labute approximate surface area is 119 Å². The minimum absolute atomic E-state index is 0.00377. The van der Waals surface area contributed by atoms with E-state index in [2.05, 4.69) is 5.32 Å². The van der Waals surface area contributed by atoms with Crippen LogP contribution >= 0.6 is 11.8 Å². The Balaban J connectivity index is 3.18. The van der Waals surface area contributed by atoms with Gasteiger partial charge in [-0.05, 0) is 26.2 Å². The summed E-state index contributed by atoms with van der Waals surface area (Å²) in [4.78, 5) is 21.0. The molecule has 0 fully saturated rings. The van der Waals surface area contributed by atoms with Gasteiger partial charge in [-0.3, -0.25) is 10.1 Å². The van der Waals surface area contributed by atoms with Crippen molar-refractivity contribution in [3.8, 4) is 0 Å². The number of nitro groups is 1. The van der Waals surface area contributed by atoms with Crippen molar-refractivity contribution in [3.63, 3.8) is 0 Å². The van der Waals surface area contributed by atoms with Crippen molar-refractivity contribution in [2.24, 2.45) is 0 Å². The molecule has 0 unspecified atom stereocenters. The molecule has 0 aliphatic carbocycles. The number of carbonyl (C=O) groups is 1. The monoisotopic (exact) mass is 302 g/mol. The Morgan fingerprint density at radius 1 is 1.55 bits per heavy atom. The highest BCUT2D eigenvalue weighted by Crippen LogP contribution is 2.30. The van der Waals surface area contributed by atoms with Crippen molar-refractivity contribution in [2.45, 2.75) is 18.6 Å². The maximum Gasteiger partial charge on any atom is 0.338 e. The van der Waals surface area contributed by atoms with Gasteiger partial charge in [-0.2, -0.15) is 11.8 Å². The second-order valence-corrected chi connectivity index (χ2v) is 6.24. The first kappa shape index (κ1) is 16.2. The van der Waals surface area contributed by atoms with Crippen molar-refractivity contribution in [1.82, 2.24) is 0 Å². The van der Waals surface area contributed by atoms with E-state index in [1.165, 1.54) is 0 Å². The van der Waals surface area contributed by atoms with Gasteiger partial charge in [0, 0.05) is 11.3 Å². The van der Waals surface area contributed by atoms with Gasteiger partial charge in [0.2, 0.25) is 0 Å². The molecule has 1 aromatic carbocycles. The number of rotatable bonds is 6. The van der Waals surface area contributed by atoms with E-state index < -0.39 is 28.0 Å². The number of nitro benzene ring substituents is 1. The quantitative estimate of drug-likeness (QED) is 0.620. The number of carboxylic acid groups (broad SMARTS) is 1. The SMILES string of the molecule is CSC(C)(C)CNc1cc(C(=O)O)c(F)cc1[N+](=O)[O-]. The highest BCUT2D eigenvalue weighted by atomic mass is 32.2. The van der Waals surface area contributed by atoms with E-state index in [0.717, 1.165) is 6.07 Å². The van der Waals surface area contributed by atoms with Crippen LogP contribution in [0.2, 0.25) is 0 Å². The third-order valence-electron chi connectivity index (χ3n) is 2.77. The van der Waals surface area contributed by atoms with Gasteiger partial charge in [0.25, 0.3) is 5.69 Å². The molecule has 0 aliphatic rings. The normalized spacial score (nSPS) is 11.2. The average molecular weight is 302 g/mol. The fourth-order valence-electron chi connectivity index (χ4n) is 1.40. The number of nitrogens with one attached hydrogen (secondary N) is 1. The van der Waals surface area contributed by atoms with Crippen LogP contribution in [0, 0.1) is 15.9 Å². The lowest BCUT2D eigenvalue weighted by atomic mass is 10.1. The van der Waals surface area contributed by atoms with Gasteiger partial charge < -0.3 is 10.4 Å². The van der Waals surface area contributed by atoms with E-state index >= 15 is 0 Å². The molecule has 1 rings (SSSR count). The zero-order chi connectivity index (χ0) is 15.5. The van der Waals surface area contributed by atoms with Crippen molar-refractivity contribution in [1.29, 1.82) is 0 Å². The molecule has 0 saturated carbocycles. The van der Waals surface area contributed by atoms with E-state index in [9.17, 15) is 19.3 Å². The topological polar surface area (TPSA) is 92.5 Å². The molecule has 20 heavy (non-hydrogen) atoms. The van der Waals surface area contributed by atoms with E-state index in [0.29, 0.717) is 12.6 Å². The Morgan fingerprint density at radius 3 is 2.60 bits per heavy atom. The molecule has 0 bridgehead atoms. The number of halogens is 1. The molecule has 2 N–H and O–H groups in total. The first-order valence-electron chi connectivity index (χ1n) is 5.68. The van der Waals surface area contributed by atoms with E-state index in [4.69, 9.17) is 5.11 Å². The van der Waals surface area contributed by atoms with Gasteiger partial charge in [0.05, 0.1) is 16.6 Å². The molecule has 0 amide bonds. The van der Waals surface area contributed by atoms with Crippen LogP contribution in [-0.2, 0) is 0 Å². The van der Waals surface area contributed by atoms with Gasteiger partial charge in [0.1, 0.15) is 11.5 Å². The van der Waals surface area contributed by atoms with Crippen LogP contribution in [0.4, 0.5) is 15.8 Å². The predicted molar refractivity (Wildman–Crippen MR) is 76.1 cm³/mol. The summed E-state index contributed by atoms with van der Waals surface area (Å²) in [5.74, 6) is -2.59. The Morgan fingerprint density at radius 2 is 2.15 bits per heavy atom. The van der Waals surface area contributed by atoms with Gasteiger partial charge in [-0.1, -0.05) is 0 Å². The highest BCUT2D eigenvalue weighted by Gasteiger charge is 2.23. The largest absolute Gasteiger partial charge is 0.478 e. The summed E-state index contributed by atoms with van der Waals surface area (Å²) in [5, 5.41) is 22.6. The number of aromatic carboxylic acids is 1. The Kier molecular flexibility index (Phi) is 4.93. The summed E-state index contributed by atoms with van der Waals surface area (Å²) in [6.45, 7) is 4.23. The molecule has 0 heterocycles. The first-order valence-corrected chi connectivity index (χ1v) is 6.90. The number of anilines is 1. The van der Waals surface area contributed by atoms with Gasteiger partial charge in [0.15, 0.2) is 0 Å². The molecule has 8 heteroatoms. The van der Waals surface area contributed by atoms with E-state index in [1.54, 1.807) is 11.8 Å². The lowest BCUT2D eigenvalue weighted by Crippen LogP contribution is -2.26. The average Bonchev–Trinajstić information content (AvgIpc) is 2.36. The van der Waals surface area contributed by atoms with Crippen LogP contribution < -0.4 is 5.32 Å². The lowest BCUT2D eigenvalue weighted by Gasteiger charge is -2.23. The van der Waals surface area contributed by atoms with Crippen molar-refractivity contribution >= 4 is 29.1 Å². The fourth-order valence-corrected chi connectivity index (χ4v) is 1.62. The minimum atomic E-state index is -1.47. The number of nitrogens with zero attached hydrogens (tertiary/aromatic N) is 1. The number of thioether (sulfide) groups is 1. The molecular formula is C12H15FN2O4S.